The number of aryl methyl sites for hydroxylation is 1. The lowest BCUT2D eigenvalue weighted by atomic mass is 9.98. The fourth-order valence-electron chi connectivity index (χ4n) is 2.41. The van der Waals surface area contributed by atoms with E-state index in [0.29, 0.717) is 22.8 Å². The van der Waals surface area contributed by atoms with Crippen LogP contribution < -0.4 is 5.32 Å². The van der Waals surface area contributed by atoms with E-state index in [4.69, 9.17) is 8.83 Å². The zero-order valence-corrected chi connectivity index (χ0v) is 15.1. The fourth-order valence-corrected chi connectivity index (χ4v) is 2.98. The van der Waals surface area contributed by atoms with Gasteiger partial charge in [-0.15, -0.1) is 10.2 Å². The first-order valence-corrected chi connectivity index (χ1v) is 8.92. The van der Waals surface area contributed by atoms with Crippen LogP contribution in [0.4, 0.5) is 5.69 Å². The number of nitrogens with zero attached hydrogens (tertiary/aromatic N) is 2. The van der Waals surface area contributed by atoms with Gasteiger partial charge in [0.15, 0.2) is 5.76 Å². The molecule has 6 nitrogen and oxygen atoms in total. The van der Waals surface area contributed by atoms with Crippen LogP contribution in [0, 0.1) is 6.92 Å². The molecule has 0 saturated heterocycles. The molecule has 3 aromatic rings. The van der Waals surface area contributed by atoms with Gasteiger partial charge in [0.05, 0.1) is 12.0 Å². The molecule has 0 aliphatic heterocycles. The van der Waals surface area contributed by atoms with E-state index >= 15 is 0 Å². The Kier molecular flexibility index (Phi) is 5.23. The molecule has 1 N–H and O–H groups in total. The van der Waals surface area contributed by atoms with Gasteiger partial charge in [-0.2, -0.15) is 0 Å². The molecule has 3 rings (SSSR count). The largest absolute Gasteiger partial charge is 0.459 e. The minimum absolute atomic E-state index is 0.112. The number of carbonyl (C=O) groups excluding carboxylic acids is 1. The molecular weight excluding hydrogens is 338 g/mol. The van der Waals surface area contributed by atoms with E-state index in [2.05, 4.69) is 29.4 Å². The Morgan fingerprint density at radius 3 is 2.80 bits per heavy atom. The number of thioether (sulfide) groups is 1. The molecule has 0 radical (unpaired) electrons. The zero-order chi connectivity index (χ0) is 17.8. The van der Waals surface area contributed by atoms with Crippen molar-refractivity contribution in [1.82, 2.24) is 10.2 Å². The number of hydrogen-bond donors (Lipinski definition) is 1. The second-order valence-corrected chi connectivity index (χ2v) is 6.81. The molecule has 0 atom stereocenters. The number of amides is 1. The number of nitrogens with one attached hydrogen (secondary N) is 1. The van der Waals surface area contributed by atoms with Crippen molar-refractivity contribution < 1.29 is 13.6 Å². The Morgan fingerprint density at radius 1 is 1.24 bits per heavy atom. The number of hydrogen-bond acceptors (Lipinski definition) is 6. The third-order valence-corrected chi connectivity index (χ3v) is 4.48. The molecule has 1 amide bonds. The summed E-state index contributed by atoms with van der Waals surface area (Å²) in [5.74, 6) is 1.21. The lowest BCUT2D eigenvalue weighted by Crippen LogP contribution is -2.16. The SMILES string of the molecule is Cc1cccc(C(C)C)c1NC(=O)CSc1nnc(-c2ccco2)o1. The molecule has 0 aliphatic carbocycles. The van der Waals surface area contributed by atoms with Gasteiger partial charge in [-0.25, -0.2) is 0 Å². The normalized spacial score (nSPS) is 11.0. The second-order valence-electron chi connectivity index (χ2n) is 5.88. The van der Waals surface area contributed by atoms with E-state index < -0.39 is 0 Å². The Balaban J connectivity index is 1.63. The third-order valence-electron chi connectivity index (χ3n) is 3.66. The topological polar surface area (TPSA) is 81.2 Å². The Labute approximate surface area is 150 Å². The first-order chi connectivity index (χ1) is 12.0. The molecular formula is C18H19N3O3S. The summed E-state index contributed by atoms with van der Waals surface area (Å²) in [7, 11) is 0. The Bertz CT molecular complexity index is 856. The first kappa shape index (κ1) is 17.3. The maximum atomic E-state index is 12.3. The zero-order valence-electron chi connectivity index (χ0n) is 14.3. The standard InChI is InChI=1S/C18H19N3O3S/c1-11(2)13-7-4-6-12(3)16(13)19-15(22)10-25-18-21-20-17(24-18)14-8-5-9-23-14/h4-9,11H,10H2,1-3H3,(H,19,22). The number of rotatable bonds is 6. The molecule has 0 saturated carbocycles. The smallest absolute Gasteiger partial charge is 0.284 e. The van der Waals surface area contributed by atoms with Gasteiger partial charge in [0, 0.05) is 5.69 Å². The van der Waals surface area contributed by atoms with Gasteiger partial charge < -0.3 is 14.2 Å². The molecule has 0 fully saturated rings. The molecule has 0 bridgehead atoms. The number of anilines is 1. The predicted octanol–water partition coefficient (Wildman–Crippen LogP) is 4.49. The highest BCUT2D eigenvalue weighted by Gasteiger charge is 2.15. The molecule has 0 spiro atoms. The fraction of sp³-hybridized carbons (Fsp3) is 0.278. The van der Waals surface area contributed by atoms with Crippen molar-refractivity contribution in [3.05, 3.63) is 47.7 Å². The lowest BCUT2D eigenvalue weighted by Gasteiger charge is -2.16. The van der Waals surface area contributed by atoms with Gasteiger partial charge in [-0.1, -0.05) is 43.8 Å². The van der Waals surface area contributed by atoms with E-state index in [0.717, 1.165) is 16.8 Å². The van der Waals surface area contributed by atoms with E-state index in [1.54, 1.807) is 12.1 Å². The van der Waals surface area contributed by atoms with E-state index in [1.807, 2.05) is 25.1 Å². The van der Waals surface area contributed by atoms with Gasteiger partial charge in [-0.05, 0) is 36.1 Å². The summed E-state index contributed by atoms with van der Waals surface area (Å²) >= 11 is 1.19. The second kappa shape index (κ2) is 7.57. The molecule has 0 unspecified atom stereocenters. The average molecular weight is 357 g/mol. The number of benzene rings is 1. The van der Waals surface area contributed by atoms with Crippen LogP contribution in [0.1, 0.15) is 30.9 Å². The van der Waals surface area contributed by atoms with Crippen molar-refractivity contribution in [2.45, 2.75) is 31.9 Å². The van der Waals surface area contributed by atoms with Gasteiger partial charge in [-0.3, -0.25) is 4.79 Å². The number of carbonyl (C=O) groups is 1. The van der Waals surface area contributed by atoms with Crippen molar-refractivity contribution in [1.29, 1.82) is 0 Å². The van der Waals surface area contributed by atoms with E-state index in [9.17, 15) is 4.79 Å². The third kappa shape index (κ3) is 4.11. The summed E-state index contributed by atoms with van der Waals surface area (Å²) in [4.78, 5) is 12.3. The molecule has 2 aromatic heterocycles. The van der Waals surface area contributed by atoms with E-state index in [1.165, 1.54) is 18.0 Å². The average Bonchev–Trinajstić information content (AvgIpc) is 3.25. The van der Waals surface area contributed by atoms with Crippen molar-refractivity contribution >= 4 is 23.4 Å². The number of furan rings is 1. The van der Waals surface area contributed by atoms with Gasteiger partial charge in [0.2, 0.25) is 5.91 Å². The van der Waals surface area contributed by atoms with Crippen LogP contribution in [0.25, 0.3) is 11.7 Å². The summed E-state index contributed by atoms with van der Waals surface area (Å²) in [6.45, 7) is 6.20. The van der Waals surface area contributed by atoms with Crippen LogP contribution in [-0.2, 0) is 4.79 Å². The maximum Gasteiger partial charge on any atom is 0.284 e. The van der Waals surface area contributed by atoms with Crippen LogP contribution >= 0.6 is 11.8 Å². The highest BCUT2D eigenvalue weighted by atomic mass is 32.2. The van der Waals surface area contributed by atoms with Gasteiger partial charge >= 0.3 is 0 Å². The summed E-state index contributed by atoms with van der Waals surface area (Å²) in [5, 5.41) is 11.2. The Morgan fingerprint density at radius 2 is 2.08 bits per heavy atom. The van der Waals surface area contributed by atoms with Gasteiger partial charge in [0.1, 0.15) is 0 Å². The monoisotopic (exact) mass is 357 g/mol. The van der Waals surface area contributed by atoms with Crippen molar-refractivity contribution in [3.8, 4) is 11.7 Å². The van der Waals surface area contributed by atoms with E-state index in [-0.39, 0.29) is 11.7 Å². The molecule has 0 aliphatic rings. The molecule has 25 heavy (non-hydrogen) atoms. The number of para-hydroxylation sites is 1. The molecule has 1 aromatic carbocycles. The van der Waals surface area contributed by atoms with Crippen LogP contribution in [0.2, 0.25) is 0 Å². The van der Waals surface area contributed by atoms with Crippen LogP contribution in [0.15, 0.2) is 50.7 Å². The van der Waals surface area contributed by atoms with Crippen LogP contribution in [0.3, 0.4) is 0 Å². The summed E-state index contributed by atoms with van der Waals surface area (Å²) in [6.07, 6.45) is 1.54. The maximum absolute atomic E-state index is 12.3. The Hall–Kier alpha value is -2.54. The number of aromatic nitrogens is 2. The van der Waals surface area contributed by atoms with Gasteiger partial charge in [0.25, 0.3) is 11.1 Å². The highest BCUT2D eigenvalue weighted by Crippen LogP contribution is 2.28. The van der Waals surface area contributed by atoms with Crippen molar-refractivity contribution in [2.24, 2.45) is 0 Å². The lowest BCUT2D eigenvalue weighted by molar-refractivity contribution is -0.113. The van der Waals surface area contributed by atoms with Crippen molar-refractivity contribution in [2.75, 3.05) is 11.1 Å². The summed E-state index contributed by atoms with van der Waals surface area (Å²) in [6, 6.07) is 9.51. The van der Waals surface area contributed by atoms with Crippen LogP contribution in [0.5, 0.6) is 0 Å². The molecule has 2 heterocycles. The minimum atomic E-state index is -0.112. The predicted molar refractivity (Wildman–Crippen MR) is 96.6 cm³/mol. The quantitative estimate of drug-likeness (QED) is 0.655. The summed E-state index contributed by atoms with van der Waals surface area (Å²) in [5.41, 5.74) is 3.04. The molecule has 130 valence electrons. The minimum Gasteiger partial charge on any atom is -0.459 e. The molecule has 7 heteroatoms. The van der Waals surface area contributed by atoms with Crippen molar-refractivity contribution in [3.63, 3.8) is 0 Å². The highest BCUT2D eigenvalue weighted by molar-refractivity contribution is 7.99. The first-order valence-electron chi connectivity index (χ1n) is 7.94. The summed E-state index contributed by atoms with van der Waals surface area (Å²) < 4.78 is 10.7. The van der Waals surface area contributed by atoms with Crippen LogP contribution in [-0.4, -0.2) is 21.9 Å².